The lowest BCUT2D eigenvalue weighted by atomic mass is 9.73. The number of likely N-dealkylation sites (tertiary alicyclic amines) is 1. The van der Waals surface area contributed by atoms with E-state index in [0.29, 0.717) is 32.6 Å². The molecule has 4 heterocycles. The first-order chi connectivity index (χ1) is 20.4. The number of hydrogen-bond donors (Lipinski definition) is 1. The van der Waals surface area contributed by atoms with Crippen LogP contribution in [0.5, 0.6) is 0 Å². The number of fused-ring (bicyclic) bond motifs is 2. The van der Waals surface area contributed by atoms with Gasteiger partial charge in [0.15, 0.2) is 0 Å². The number of rotatable bonds is 8. The zero-order chi connectivity index (χ0) is 29.5. The molecule has 3 amide bonds. The van der Waals surface area contributed by atoms with Crippen LogP contribution in [0.15, 0.2) is 85.0 Å². The maximum absolute atomic E-state index is 14.8. The first-order valence-electron chi connectivity index (χ1n) is 15.1. The van der Waals surface area contributed by atoms with Crippen LogP contribution in [-0.4, -0.2) is 81.0 Å². The van der Waals surface area contributed by atoms with E-state index < -0.39 is 35.1 Å². The second-order valence-corrected chi connectivity index (χ2v) is 11.8. The van der Waals surface area contributed by atoms with Crippen LogP contribution in [0.4, 0.5) is 0 Å². The summed E-state index contributed by atoms with van der Waals surface area (Å²) in [7, 11) is 0. The molecule has 2 aromatic rings. The molecule has 220 valence electrons. The van der Waals surface area contributed by atoms with Crippen LogP contribution in [0.2, 0.25) is 0 Å². The standard InChI is InChI=1S/C34H39N3O5/c1-3-19-35-20-11-17-33(4-2)27(30(35)39)28-31(40)37(26(23-38)25-15-9-6-10-16-25)29-32(41)36(21-12-18-34(28,29)42-33)22-24-13-7-5-8-14-24/h5-18,26-29,38H,3-4,19-23H2,1-2H3/t26-,27-,28+,29?,33+,34+/m1/s1. The minimum Gasteiger partial charge on any atom is -0.394 e. The van der Waals surface area contributed by atoms with Crippen LogP contribution in [0.25, 0.3) is 0 Å². The number of benzene rings is 2. The second kappa shape index (κ2) is 11.2. The molecule has 1 unspecified atom stereocenters. The predicted octanol–water partition coefficient (Wildman–Crippen LogP) is 3.49. The SMILES string of the molecule is CCCN1CC=C[C@]2(CC)O[C@]34C=CCN(Cc5ccccc5)C(=O)C3N([C@H](CO)c3ccccc3)C(=O)[C@@H]4[C@@H]2C1=O. The van der Waals surface area contributed by atoms with E-state index in [4.69, 9.17) is 4.74 Å². The zero-order valence-electron chi connectivity index (χ0n) is 24.3. The van der Waals surface area contributed by atoms with Crippen molar-refractivity contribution in [2.45, 2.75) is 56.5 Å². The van der Waals surface area contributed by atoms with Crippen molar-refractivity contribution in [3.63, 3.8) is 0 Å². The van der Waals surface area contributed by atoms with Crippen molar-refractivity contribution < 1.29 is 24.2 Å². The van der Waals surface area contributed by atoms with Gasteiger partial charge in [0.05, 0.1) is 30.1 Å². The number of hydrogen-bond acceptors (Lipinski definition) is 5. The van der Waals surface area contributed by atoms with Gasteiger partial charge >= 0.3 is 0 Å². The molecule has 8 heteroatoms. The molecule has 2 saturated heterocycles. The lowest BCUT2D eigenvalue weighted by molar-refractivity contribution is -0.157. The topological polar surface area (TPSA) is 90.4 Å². The van der Waals surface area contributed by atoms with E-state index in [9.17, 15) is 19.5 Å². The molecular formula is C34H39N3O5. The van der Waals surface area contributed by atoms with Gasteiger partial charge in [-0.3, -0.25) is 14.4 Å². The van der Waals surface area contributed by atoms with Gasteiger partial charge in [-0.2, -0.15) is 0 Å². The lowest BCUT2D eigenvalue weighted by Crippen LogP contribution is -2.57. The highest BCUT2D eigenvalue weighted by Crippen LogP contribution is 2.59. The number of ether oxygens (including phenoxy) is 1. The van der Waals surface area contributed by atoms with E-state index in [1.165, 1.54) is 4.90 Å². The van der Waals surface area contributed by atoms with Crippen molar-refractivity contribution in [2.24, 2.45) is 11.8 Å². The lowest BCUT2D eigenvalue weighted by Gasteiger charge is -2.41. The zero-order valence-corrected chi connectivity index (χ0v) is 24.3. The summed E-state index contributed by atoms with van der Waals surface area (Å²) in [5, 5.41) is 10.7. The monoisotopic (exact) mass is 569 g/mol. The molecule has 2 fully saturated rings. The molecular weight excluding hydrogens is 530 g/mol. The maximum Gasteiger partial charge on any atom is 0.249 e. The molecule has 6 rings (SSSR count). The molecule has 0 saturated carbocycles. The summed E-state index contributed by atoms with van der Waals surface area (Å²) in [6.07, 6.45) is 8.98. The third-order valence-corrected chi connectivity index (χ3v) is 9.45. The first-order valence-corrected chi connectivity index (χ1v) is 15.1. The van der Waals surface area contributed by atoms with E-state index in [0.717, 1.165) is 17.5 Å². The number of nitrogens with zero attached hydrogens (tertiary/aromatic N) is 3. The van der Waals surface area contributed by atoms with Crippen molar-refractivity contribution >= 4 is 17.7 Å². The largest absolute Gasteiger partial charge is 0.394 e. The van der Waals surface area contributed by atoms with Gasteiger partial charge in [-0.1, -0.05) is 98.8 Å². The van der Waals surface area contributed by atoms with Crippen molar-refractivity contribution in [1.82, 2.24) is 14.7 Å². The normalized spacial score (nSPS) is 31.1. The number of aliphatic hydroxyl groups is 1. The molecule has 6 atom stereocenters. The molecule has 1 N–H and O–H groups in total. The van der Waals surface area contributed by atoms with Gasteiger partial charge in [0, 0.05) is 26.2 Å². The summed E-state index contributed by atoms with van der Waals surface area (Å²) in [5.74, 6) is -2.40. The van der Waals surface area contributed by atoms with Gasteiger partial charge in [0.2, 0.25) is 17.7 Å². The third-order valence-electron chi connectivity index (χ3n) is 9.45. The van der Waals surface area contributed by atoms with Crippen LogP contribution in [-0.2, 0) is 25.7 Å². The highest BCUT2D eigenvalue weighted by molar-refractivity contribution is 6.00. The van der Waals surface area contributed by atoms with Crippen molar-refractivity contribution in [1.29, 1.82) is 0 Å². The van der Waals surface area contributed by atoms with E-state index in [1.54, 1.807) is 9.80 Å². The maximum atomic E-state index is 14.8. The van der Waals surface area contributed by atoms with E-state index in [2.05, 4.69) is 0 Å². The Bertz CT molecular complexity index is 1390. The molecule has 4 aliphatic heterocycles. The Balaban J connectivity index is 1.51. The number of carbonyl (C=O) groups is 3. The Morgan fingerprint density at radius 3 is 2.19 bits per heavy atom. The average Bonchev–Trinajstić information content (AvgIpc) is 3.31. The average molecular weight is 570 g/mol. The number of aliphatic hydroxyl groups excluding tert-OH is 1. The molecule has 42 heavy (non-hydrogen) atoms. The van der Waals surface area contributed by atoms with Crippen LogP contribution in [0.1, 0.15) is 43.9 Å². The smallest absolute Gasteiger partial charge is 0.249 e. The van der Waals surface area contributed by atoms with Crippen LogP contribution < -0.4 is 0 Å². The summed E-state index contributed by atoms with van der Waals surface area (Å²) < 4.78 is 7.06. The van der Waals surface area contributed by atoms with Crippen LogP contribution in [0.3, 0.4) is 0 Å². The summed E-state index contributed by atoms with van der Waals surface area (Å²) >= 11 is 0. The molecule has 0 bridgehead atoms. The van der Waals surface area contributed by atoms with Gasteiger partial charge in [0.1, 0.15) is 11.6 Å². The summed E-state index contributed by atoms with van der Waals surface area (Å²) in [5.41, 5.74) is -0.691. The molecule has 0 aliphatic carbocycles. The Morgan fingerprint density at radius 1 is 0.857 bits per heavy atom. The molecule has 8 nitrogen and oxygen atoms in total. The van der Waals surface area contributed by atoms with E-state index in [-0.39, 0.29) is 24.3 Å². The van der Waals surface area contributed by atoms with Crippen molar-refractivity contribution in [2.75, 3.05) is 26.2 Å². The number of amides is 3. The Labute approximate surface area is 247 Å². The fraction of sp³-hybridized carbons (Fsp3) is 0.441. The number of carbonyl (C=O) groups excluding carboxylic acids is 3. The third kappa shape index (κ3) is 4.31. The van der Waals surface area contributed by atoms with Gasteiger partial charge in [-0.25, -0.2) is 0 Å². The molecule has 0 aromatic heterocycles. The van der Waals surface area contributed by atoms with Gasteiger partial charge in [0.25, 0.3) is 0 Å². The fourth-order valence-electron chi connectivity index (χ4n) is 7.58. The first kappa shape index (κ1) is 28.4. The van der Waals surface area contributed by atoms with Crippen LogP contribution in [0, 0.1) is 11.8 Å². The van der Waals surface area contributed by atoms with Crippen molar-refractivity contribution in [3.05, 3.63) is 96.1 Å². The summed E-state index contributed by atoms with van der Waals surface area (Å²) in [4.78, 5) is 48.9. The van der Waals surface area contributed by atoms with Gasteiger partial charge < -0.3 is 24.5 Å². The van der Waals surface area contributed by atoms with E-state index >= 15 is 0 Å². The predicted molar refractivity (Wildman–Crippen MR) is 158 cm³/mol. The van der Waals surface area contributed by atoms with E-state index in [1.807, 2.05) is 98.8 Å². The molecule has 2 aromatic carbocycles. The fourth-order valence-corrected chi connectivity index (χ4v) is 7.58. The Kier molecular flexibility index (Phi) is 7.53. The summed E-state index contributed by atoms with van der Waals surface area (Å²) in [6.45, 7) is 5.36. The minimum atomic E-state index is -1.36. The Hall–Kier alpha value is -3.75. The molecule has 1 spiro atoms. The Morgan fingerprint density at radius 2 is 1.52 bits per heavy atom. The van der Waals surface area contributed by atoms with Gasteiger partial charge in [-0.05, 0) is 24.0 Å². The highest BCUT2D eigenvalue weighted by Gasteiger charge is 2.76. The summed E-state index contributed by atoms with van der Waals surface area (Å²) in [6, 6.07) is 17.2. The second-order valence-electron chi connectivity index (χ2n) is 11.8. The molecule has 4 aliphatic rings. The quantitative estimate of drug-likeness (QED) is 0.492. The van der Waals surface area contributed by atoms with Crippen LogP contribution >= 0.6 is 0 Å². The van der Waals surface area contributed by atoms with Gasteiger partial charge in [-0.15, -0.1) is 0 Å². The highest BCUT2D eigenvalue weighted by atomic mass is 16.5. The van der Waals surface area contributed by atoms with Crippen molar-refractivity contribution in [3.8, 4) is 0 Å². The minimum absolute atomic E-state index is 0.119. The molecule has 0 radical (unpaired) electrons.